The Morgan fingerprint density at radius 1 is 1.00 bits per heavy atom. The first-order valence-electron chi connectivity index (χ1n) is 7.62. The molecule has 2 heterocycles. The van der Waals surface area contributed by atoms with Crippen LogP contribution in [0.2, 0.25) is 0 Å². The van der Waals surface area contributed by atoms with Crippen molar-refractivity contribution in [2.24, 2.45) is 0 Å². The van der Waals surface area contributed by atoms with Crippen molar-refractivity contribution in [2.75, 3.05) is 12.0 Å². The lowest BCUT2D eigenvalue weighted by Gasteiger charge is -2.37. The van der Waals surface area contributed by atoms with Gasteiger partial charge in [0.2, 0.25) is 5.60 Å². The molecule has 0 fully saturated rings. The summed E-state index contributed by atoms with van der Waals surface area (Å²) in [6.45, 7) is 0. The summed E-state index contributed by atoms with van der Waals surface area (Å²) in [4.78, 5) is 39.0. The van der Waals surface area contributed by atoms with Crippen molar-refractivity contribution >= 4 is 23.5 Å². The van der Waals surface area contributed by atoms with Gasteiger partial charge in [-0.05, 0) is 24.3 Å². The van der Waals surface area contributed by atoms with Crippen molar-refractivity contribution in [3.05, 3.63) is 71.8 Å². The molecular weight excluding hydrogens is 322 g/mol. The topological polar surface area (TPSA) is 72.9 Å². The molecule has 6 nitrogen and oxygen atoms in total. The SMILES string of the molecule is COc1ccccc1N1C(=O)c2ccccc2C2(C=CC(=O)O2)C1=O. The van der Waals surface area contributed by atoms with E-state index in [0.29, 0.717) is 22.6 Å². The number of methoxy groups -OCH3 is 1. The van der Waals surface area contributed by atoms with E-state index >= 15 is 0 Å². The van der Waals surface area contributed by atoms with Gasteiger partial charge in [0.15, 0.2) is 0 Å². The van der Waals surface area contributed by atoms with E-state index < -0.39 is 23.4 Å². The van der Waals surface area contributed by atoms with Gasteiger partial charge in [0.1, 0.15) is 5.75 Å². The number of carbonyl (C=O) groups is 3. The normalized spacial score (nSPS) is 21.5. The number of fused-ring (bicyclic) bond motifs is 2. The molecular formula is C19H13NO5. The smallest absolute Gasteiger partial charge is 0.332 e. The van der Waals surface area contributed by atoms with Crippen LogP contribution in [0.1, 0.15) is 15.9 Å². The zero-order valence-electron chi connectivity index (χ0n) is 13.3. The molecule has 2 aliphatic heterocycles. The van der Waals surface area contributed by atoms with Crippen LogP contribution >= 0.6 is 0 Å². The predicted octanol–water partition coefficient (Wildman–Crippen LogP) is 2.19. The van der Waals surface area contributed by atoms with E-state index in [-0.39, 0.29) is 0 Å². The van der Waals surface area contributed by atoms with Gasteiger partial charge in [-0.25, -0.2) is 9.69 Å². The zero-order chi connectivity index (χ0) is 17.6. The van der Waals surface area contributed by atoms with Gasteiger partial charge >= 0.3 is 5.97 Å². The number of hydrogen-bond acceptors (Lipinski definition) is 5. The Bertz CT molecular complexity index is 948. The third-order valence-corrected chi connectivity index (χ3v) is 4.32. The molecule has 0 aromatic heterocycles. The van der Waals surface area contributed by atoms with Crippen LogP contribution in [0.25, 0.3) is 0 Å². The average Bonchev–Trinajstić information content (AvgIpc) is 3.04. The lowest BCUT2D eigenvalue weighted by molar-refractivity contribution is -0.155. The highest BCUT2D eigenvalue weighted by Crippen LogP contribution is 2.43. The Kier molecular flexibility index (Phi) is 3.21. The van der Waals surface area contributed by atoms with E-state index in [0.717, 1.165) is 4.90 Å². The van der Waals surface area contributed by atoms with Crippen LogP contribution in [-0.4, -0.2) is 24.9 Å². The molecule has 6 heteroatoms. The monoisotopic (exact) mass is 335 g/mol. The summed E-state index contributed by atoms with van der Waals surface area (Å²) < 4.78 is 10.7. The fraction of sp³-hybridized carbons (Fsp3) is 0.105. The molecule has 1 spiro atoms. The van der Waals surface area contributed by atoms with E-state index in [1.165, 1.54) is 19.3 Å². The van der Waals surface area contributed by atoms with Crippen molar-refractivity contribution in [2.45, 2.75) is 5.60 Å². The second kappa shape index (κ2) is 5.31. The second-order valence-electron chi connectivity index (χ2n) is 5.65. The van der Waals surface area contributed by atoms with Crippen LogP contribution in [0.5, 0.6) is 5.75 Å². The Labute approximate surface area is 143 Å². The summed E-state index contributed by atoms with van der Waals surface area (Å²) in [5, 5.41) is 0. The van der Waals surface area contributed by atoms with E-state index in [4.69, 9.17) is 9.47 Å². The third kappa shape index (κ3) is 2.00. The number of imide groups is 1. The zero-order valence-corrected chi connectivity index (χ0v) is 13.3. The number of carbonyl (C=O) groups excluding carboxylic acids is 3. The van der Waals surface area contributed by atoms with Crippen LogP contribution < -0.4 is 9.64 Å². The molecule has 1 atom stereocenters. The Morgan fingerprint density at radius 3 is 2.44 bits per heavy atom. The molecule has 0 saturated heterocycles. The lowest BCUT2D eigenvalue weighted by Crippen LogP contribution is -2.54. The van der Waals surface area contributed by atoms with Gasteiger partial charge < -0.3 is 9.47 Å². The molecule has 0 bridgehead atoms. The first kappa shape index (κ1) is 15.1. The van der Waals surface area contributed by atoms with Crippen LogP contribution in [0.3, 0.4) is 0 Å². The molecule has 2 aromatic carbocycles. The van der Waals surface area contributed by atoms with Gasteiger partial charge in [-0.1, -0.05) is 30.3 Å². The number of amides is 2. The number of rotatable bonds is 2. The van der Waals surface area contributed by atoms with Crippen molar-refractivity contribution in [3.8, 4) is 5.75 Å². The number of hydrogen-bond donors (Lipinski definition) is 0. The highest BCUT2D eigenvalue weighted by molar-refractivity contribution is 6.28. The van der Waals surface area contributed by atoms with Gasteiger partial charge in [-0.3, -0.25) is 9.59 Å². The molecule has 124 valence electrons. The number of ether oxygens (including phenoxy) is 2. The number of nitrogens with zero attached hydrogens (tertiary/aromatic N) is 1. The fourth-order valence-electron chi connectivity index (χ4n) is 3.19. The number of benzene rings is 2. The van der Waals surface area contributed by atoms with Crippen molar-refractivity contribution in [1.82, 2.24) is 0 Å². The molecule has 4 rings (SSSR count). The number of para-hydroxylation sites is 2. The van der Waals surface area contributed by atoms with E-state index in [1.54, 1.807) is 48.5 Å². The maximum Gasteiger partial charge on any atom is 0.332 e. The van der Waals surface area contributed by atoms with Crippen LogP contribution in [0.4, 0.5) is 5.69 Å². The lowest BCUT2D eigenvalue weighted by atomic mass is 9.84. The quantitative estimate of drug-likeness (QED) is 0.621. The molecule has 0 aliphatic carbocycles. The summed E-state index contributed by atoms with van der Waals surface area (Å²) in [7, 11) is 1.46. The molecule has 0 radical (unpaired) electrons. The Hall–Kier alpha value is -3.41. The highest BCUT2D eigenvalue weighted by atomic mass is 16.6. The van der Waals surface area contributed by atoms with Gasteiger partial charge in [-0.2, -0.15) is 0 Å². The first-order valence-corrected chi connectivity index (χ1v) is 7.62. The van der Waals surface area contributed by atoms with E-state index in [9.17, 15) is 14.4 Å². The second-order valence-corrected chi connectivity index (χ2v) is 5.65. The maximum absolute atomic E-state index is 13.3. The Balaban J connectivity index is 1.97. The molecule has 2 aliphatic rings. The summed E-state index contributed by atoms with van der Waals surface area (Å²) in [6.07, 6.45) is 2.59. The van der Waals surface area contributed by atoms with Crippen molar-refractivity contribution in [3.63, 3.8) is 0 Å². The van der Waals surface area contributed by atoms with Crippen molar-refractivity contribution < 1.29 is 23.9 Å². The van der Waals surface area contributed by atoms with Gasteiger partial charge in [0.05, 0.1) is 12.8 Å². The minimum absolute atomic E-state index is 0.297. The third-order valence-electron chi connectivity index (χ3n) is 4.32. The van der Waals surface area contributed by atoms with Gasteiger partial charge in [0, 0.05) is 17.2 Å². The van der Waals surface area contributed by atoms with Crippen molar-refractivity contribution in [1.29, 1.82) is 0 Å². The van der Waals surface area contributed by atoms with E-state index in [1.807, 2.05) is 0 Å². The first-order chi connectivity index (χ1) is 12.1. The molecule has 2 aromatic rings. The molecule has 0 saturated carbocycles. The minimum atomic E-state index is -1.64. The molecule has 0 N–H and O–H groups in total. The Morgan fingerprint density at radius 2 is 1.72 bits per heavy atom. The highest BCUT2D eigenvalue weighted by Gasteiger charge is 2.55. The predicted molar refractivity (Wildman–Crippen MR) is 88.2 cm³/mol. The maximum atomic E-state index is 13.3. The number of anilines is 1. The summed E-state index contributed by atoms with van der Waals surface area (Å²) >= 11 is 0. The molecule has 1 unspecified atom stereocenters. The summed E-state index contributed by atoms with van der Waals surface area (Å²) in [5.41, 5.74) is -0.682. The van der Waals surface area contributed by atoms with Crippen LogP contribution in [-0.2, 0) is 19.9 Å². The van der Waals surface area contributed by atoms with Gasteiger partial charge in [-0.15, -0.1) is 0 Å². The summed E-state index contributed by atoms with van der Waals surface area (Å²) in [5.74, 6) is -1.40. The fourth-order valence-corrected chi connectivity index (χ4v) is 3.19. The average molecular weight is 335 g/mol. The summed E-state index contributed by atoms with van der Waals surface area (Å²) in [6, 6.07) is 13.3. The van der Waals surface area contributed by atoms with Crippen LogP contribution in [0, 0.1) is 0 Å². The largest absolute Gasteiger partial charge is 0.495 e. The minimum Gasteiger partial charge on any atom is -0.495 e. The molecule has 2 amide bonds. The van der Waals surface area contributed by atoms with Crippen LogP contribution in [0.15, 0.2) is 60.7 Å². The molecule has 25 heavy (non-hydrogen) atoms. The standard InChI is InChI=1S/C19H13NO5/c1-24-15-9-5-4-8-14(15)20-17(22)12-6-2-3-7-13(12)19(18(20)23)11-10-16(21)25-19/h2-11H,1H3. The number of esters is 1. The van der Waals surface area contributed by atoms with E-state index in [2.05, 4.69) is 0 Å². The van der Waals surface area contributed by atoms with Gasteiger partial charge in [0.25, 0.3) is 11.8 Å².